The molecular formula is C9H20N2. The summed E-state index contributed by atoms with van der Waals surface area (Å²) in [5.41, 5.74) is 5.64. The Labute approximate surface area is 69.8 Å². The highest BCUT2D eigenvalue weighted by Crippen LogP contribution is 2.31. The van der Waals surface area contributed by atoms with Crippen LogP contribution in [0.5, 0.6) is 0 Å². The van der Waals surface area contributed by atoms with Crippen LogP contribution in [0.4, 0.5) is 0 Å². The van der Waals surface area contributed by atoms with Crippen LogP contribution >= 0.6 is 0 Å². The first-order valence-corrected chi connectivity index (χ1v) is 4.58. The molecule has 2 N–H and O–H groups in total. The van der Waals surface area contributed by atoms with Crippen molar-refractivity contribution in [1.29, 1.82) is 0 Å². The van der Waals surface area contributed by atoms with Crippen LogP contribution in [0, 0.1) is 5.92 Å². The second-order valence-corrected chi connectivity index (χ2v) is 3.90. The van der Waals surface area contributed by atoms with Crippen molar-refractivity contribution in [3.63, 3.8) is 0 Å². The first-order valence-electron chi connectivity index (χ1n) is 4.58. The molecule has 0 heterocycles. The monoisotopic (exact) mass is 156 g/mol. The van der Waals surface area contributed by atoms with Gasteiger partial charge in [0.1, 0.15) is 0 Å². The SMILES string of the molecule is CC(C)N(C)C1CCC1CN. The highest BCUT2D eigenvalue weighted by atomic mass is 15.2. The minimum absolute atomic E-state index is 0.661. The Morgan fingerprint density at radius 1 is 1.45 bits per heavy atom. The zero-order chi connectivity index (χ0) is 8.43. The van der Waals surface area contributed by atoms with Crippen molar-refractivity contribution in [3.8, 4) is 0 Å². The molecule has 0 amide bonds. The molecule has 0 spiro atoms. The highest BCUT2D eigenvalue weighted by molar-refractivity contribution is 4.88. The van der Waals surface area contributed by atoms with Crippen LogP contribution in [0.3, 0.4) is 0 Å². The van der Waals surface area contributed by atoms with E-state index in [1.54, 1.807) is 0 Å². The third kappa shape index (κ3) is 1.74. The fraction of sp³-hybridized carbons (Fsp3) is 1.00. The fourth-order valence-corrected chi connectivity index (χ4v) is 1.75. The number of nitrogens with zero attached hydrogens (tertiary/aromatic N) is 1. The molecule has 1 aliphatic carbocycles. The van der Waals surface area contributed by atoms with Gasteiger partial charge in [0.25, 0.3) is 0 Å². The third-order valence-corrected chi connectivity index (χ3v) is 3.02. The molecule has 1 aliphatic rings. The average Bonchev–Trinajstić information content (AvgIpc) is 1.86. The summed E-state index contributed by atoms with van der Waals surface area (Å²) in [4.78, 5) is 2.45. The van der Waals surface area contributed by atoms with Gasteiger partial charge in [0.05, 0.1) is 0 Å². The average molecular weight is 156 g/mol. The van der Waals surface area contributed by atoms with Crippen molar-refractivity contribution in [2.24, 2.45) is 11.7 Å². The van der Waals surface area contributed by atoms with Crippen LogP contribution in [-0.4, -0.2) is 30.6 Å². The molecule has 1 rings (SSSR count). The van der Waals surface area contributed by atoms with Crippen molar-refractivity contribution in [2.45, 2.75) is 38.8 Å². The standard InChI is InChI=1S/C9H20N2/c1-7(2)11(3)9-5-4-8(9)6-10/h7-9H,4-6,10H2,1-3H3. The van der Waals surface area contributed by atoms with Crippen molar-refractivity contribution < 1.29 is 0 Å². The van der Waals surface area contributed by atoms with E-state index < -0.39 is 0 Å². The molecule has 1 saturated carbocycles. The highest BCUT2D eigenvalue weighted by Gasteiger charge is 2.33. The minimum Gasteiger partial charge on any atom is -0.330 e. The molecule has 0 saturated heterocycles. The Morgan fingerprint density at radius 3 is 2.36 bits per heavy atom. The van der Waals surface area contributed by atoms with Gasteiger partial charge in [-0.05, 0) is 46.2 Å². The lowest BCUT2D eigenvalue weighted by Crippen LogP contribution is -2.50. The normalized spacial score (nSPS) is 31.1. The van der Waals surface area contributed by atoms with E-state index >= 15 is 0 Å². The summed E-state index contributed by atoms with van der Waals surface area (Å²) in [6.45, 7) is 5.35. The molecule has 2 unspecified atom stereocenters. The largest absolute Gasteiger partial charge is 0.330 e. The van der Waals surface area contributed by atoms with Crippen LogP contribution in [-0.2, 0) is 0 Å². The van der Waals surface area contributed by atoms with E-state index in [0.717, 1.165) is 18.5 Å². The van der Waals surface area contributed by atoms with Crippen molar-refractivity contribution in [3.05, 3.63) is 0 Å². The molecule has 0 aromatic heterocycles. The second kappa shape index (κ2) is 3.55. The first kappa shape index (κ1) is 9.01. The van der Waals surface area contributed by atoms with Gasteiger partial charge in [0.15, 0.2) is 0 Å². The van der Waals surface area contributed by atoms with Crippen molar-refractivity contribution >= 4 is 0 Å². The molecule has 0 aromatic carbocycles. The van der Waals surface area contributed by atoms with E-state index in [9.17, 15) is 0 Å². The summed E-state index contributed by atoms with van der Waals surface area (Å²) in [5, 5.41) is 0. The van der Waals surface area contributed by atoms with E-state index in [2.05, 4.69) is 25.8 Å². The second-order valence-electron chi connectivity index (χ2n) is 3.90. The molecule has 0 aliphatic heterocycles. The molecule has 0 aromatic rings. The lowest BCUT2D eigenvalue weighted by molar-refractivity contribution is 0.0658. The van der Waals surface area contributed by atoms with Gasteiger partial charge in [0.2, 0.25) is 0 Å². The van der Waals surface area contributed by atoms with Gasteiger partial charge < -0.3 is 10.6 Å². The zero-order valence-electron chi connectivity index (χ0n) is 7.88. The molecular weight excluding hydrogens is 136 g/mol. The summed E-state index contributed by atoms with van der Waals surface area (Å²) in [6, 6.07) is 1.43. The maximum Gasteiger partial charge on any atom is 0.0135 e. The summed E-state index contributed by atoms with van der Waals surface area (Å²) in [5.74, 6) is 0.766. The molecule has 0 radical (unpaired) electrons. The Morgan fingerprint density at radius 2 is 2.09 bits per heavy atom. The van der Waals surface area contributed by atoms with Gasteiger partial charge in [-0.2, -0.15) is 0 Å². The van der Waals surface area contributed by atoms with Crippen LogP contribution < -0.4 is 5.73 Å². The zero-order valence-corrected chi connectivity index (χ0v) is 7.88. The fourth-order valence-electron chi connectivity index (χ4n) is 1.75. The molecule has 0 bridgehead atoms. The molecule has 2 nitrogen and oxygen atoms in total. The maximum absolute atomic E-state index is 5.64. The first-order chi connectivity index (χ1) is 5.16. The lowest BCUT2D eigenvalue weighted by atomic mass is 9.78. The van der Waals surface area contributed by atoms with Gasteiger partial charge >= 0.3 is 0 Å². The molecule has 66 valence electrons. The summed E-state index contributed by atoms with van der Waals surface area (Å²) >= 11 is 0. The van der Waals surface area contributed by atoms with Crippen molar-refractivity contribution in [1.82, 2.24) is 4.90 Å². The summed E-state index contributed by atoms with van der Waals surface area (Å²) in [6.07, 6.45) is 2.68. The number of hydrogen-bond donors (Lipinski definition) is 1. The van der Waals surface area contributed by atoms with E-state index in [1.165, 1.54) is 12.8 Å². The lowest BCUT2D eigenvalue weighted by Gasteiger charge is -2.44. The quantitative estimate of drug-likeness (QED) is 0.662. The summed E-state index contributed by atoms with van der Waals surface area (Å²) in [7, 11) is 2.21. The van der Waals surface area contributed by atoms with Crippen LogP contribution in [0.1, 0.15) is 26.7 Å². The number of hydrogen-bond acceptors (Lipinski definition) is 2. The van der Waals surface area contributed by atoms with Gasteiger partial charge in [-0.25, -0.2) is 0 Å². The minimum atomic E-state index is 0.661. The van der Waals surface area contributed by atoms with E-state index in [-0.39, 0.29) is 0 Å². The van der Waals surface area contributed by atoms with Gasteiger partial charge in [-0.1, -0.05) is 0 Å². The Kier molecular flexibility index (Phi) is 2.90. The predicted molar refractivity (Wildman–Crippen MR) is 48.5 cm³/mol. The molecule has 11 heavy (non-hydrogen) atoms. The third-order valence-electron chi connectivity index (χ3n) is 3.02. The van der Waals surface area contributed by atoms with E-state index in [1.807, 2.05) is 0 Å². The van der Waals surface area contributed by atoms with E-state index in [4.69, 9.17) is 5.73 Å². The van der Waals surface area contributed by atoms with E-state index in [0.29, 0.717) is 6.04 Å². The Bertz CT molecular complexity index is 121. The Hall–Kier alpha value is -0.0800. The van der Waals surface area contributed by atoms with Crippen molar-refractivity contribution in [2.75, 3.05) is 13.6 Å². The van der Waals surface area contributed by atoms with Crippen LogP contribution in [0.2, 0.25) is 0 Å². The maximum atomic E-state index is 5.64. The summed E-state index contributed by atoms with van der Waals surface area (Å²) < 4.78 is 0. The number of nitrogens with two attached hydrogens (primary N) is 1. The smallest absolute Gasteiger partial charge is 0.0135 e. The Balaban J connectivity index is 2.35. The predicted octanol–water partition coefficient (Wildman–Crippen LogP) is 1.06. The molecule has 1 fully saturated rings. The van der Waals surface area contributed by atoms with Gasteiger partial charge in [0, 0.05) is 12.1 Å². The molecule has 2 atom stereocenters. The van der Waals surface area contributed by atoms with Crippen LogP contribution in [0.15, 0.2) is 0 Å². The van der Waals surface area contributed by atoms with Gasteiger partial charge in [-0.3, -0.25) is 0 Å². The molecule has 2 heteroatoms. The number of rotatable bonds is 3. The van der Waals surface area contributed by atoms with Gasteiger partial charge in [-0.15, -0.1) is 0 Å². The topological polar surface area (TPSA) is 29.3 Å². The van der Waals surface area contributed by atoms with Crippen LogP contribution in [0.25, 0.3) is 0 Å².